The number of allylic oxidation sites excluding steroid dienone is 2. The maximum atomic E-state index is 9.17. The fraction of sp³-hybridized carbons (Fsp3) is 0.462. The number of halogens is 2. The number of rotatable bonds is 13. The van der Waals surface area contributed by atoms with Gasteiger partial charge in [-0.3, -0.25) is 0 Å². The Morgan fingerprint density at radius 2 is 0.964 bits per heavy atom. The molecular weight excluding hydrogens is 815 g/mol. The van der Waals surface area contributed by atoms with Gasteiger partial charge in [-0.1, -0.05) is 0 Å². The summed E-state index contributed by atoms with van der Waals surface area (Å²) in [5.74, 6) is -1.72. The van der Waals surface area contributed by atoms with Crippen LogP contribution in [0.2, 0.25) is 13.1 Å². The van der Waals surface area contributed by atoms with Crippen molar-refractivity contribution in [3.63, 3.8) is 0 Å². The number of hydrogen-bond acceptors (Lipinski definition) is 0. The Morgan fingerprint density at radius 1 is 0.589 bits per heavy atom. The topological polar surface area (TPSA) is 0 Å². The van der Waals surface area contributed by atoms with Crippen LogP contribution in [-0.4, -0.2) is 5.92 Å². The first-order valence-electron chi connectivity index (χ1n) is 22.1. The zero-order chi connectivity index (χ0) is 39.6. The molecule has 295 valence electrons. The van der Waals surface area contributed by atoms with Crippen LogP contribution in [-0.2, 0) is 15.6 Å². The number of benzene rings is 4. The third-order valence-corrected chi connectivity index (χ3v) is 67.0. The van der Waals surface area contributed by atoms with Crippen LogP contribution in [0.25, 0.3) is 34.4 Å². The monoisotopic (exact) mass is 877 g/mol. The molecule has 4 heteroatoms. The molecule has 4 aliphatic rings. The zero-order valence-corrected chi connectivity index (χ0v) is 40.7. The quantitative estimate of drug-likeness (QED) is 0.117. The average Bonchev–Trinajstić information content (AvgIpc) is 3.68. The van der Waals surface area contributed by atoms with Gasteiger partial charge in [0.15, 0.2) is 0 Å². The molecule has 8 rings (SSSR count). The van der Waals surface area contributed by atoms with Crippen LogP contribution in [0.5, 0.6) is 0 Å². The normalized spacial score (nSPS) is 21.4. The first kappa shape index (κ1) is 40.8. The van der Waals surface area contributed by atoms with Crippen LogP contribution >= 0.6 is 17.0 Å². The number of fused-ring (bicyclic) bond motifs is 2. The molecule has 4 aromatic rings. The fourth-order valence-corrected chi connectivity index (χ4v) is 43.7. The molecule has 2 atom stereocenters. The van der Waals surface area contributed by atoms with Gasteiger partial charge in [0.2, 0.25) is 0 Å². The molecular formula is C52H65Cl2SiZr. The van der Waals surface area contributed by atoms with Gasteiger partial charge in [-0.2, -0.15) is 0 Å². The van der Waals surface area contributed by atoms with E-state index in [1.54, 1.807) is 11.1 Å². The summed E-state index contributed by atoms with van der Waals surface area (Å²) >= 11 is -5.05. The molecule has 0 nitrogen and oxygen atoms in total. The minimum atomic E-state index is -5.05. The zero-order valence-electron chi connectivity index (χ0n) is 35.6. The Kier molecular flexibility index (Phi) is 11.1. The molecule has 0 saturated heterocycles. The van der Waals surface area contributed by atoms with Crippen LogP contribution in [0.1, 0.15) is 143 Å². The Hall–Kier alpha value is -1.96. The van der Waals surface area contributed by atoms with Crippen LogP contribution in [0, 0.1) is 38.5 Å². The molecule has 2 unspecified atom stereocenters. The van der Waals surface area contributed by atoms with Gasteiger partial charge in [0.05, 0.1) is 0 Å². The van der Waals surface area contributed by atoms with Gasteiger partial charge < -0.3 is 0 Å². The number of aryl methyl sites for hydroxylation is 4. The van der Waals surface area contributed by atoms with Gasteiger partial charge in [-0.25, -0.2) is 0 Å². The molecule has 56 heavy (non-hydrogen) atoms. The van der Waals surface area contributed by atoms with Crippen molar-refractivity contribution in [2.75, 3.05) is 0 Å². The SMILES string of the molecule is CCCC1(CC2=Cc3c(-c4cc(C)cc(C)c4)cccc3[CH]2[Zr]([Cl])([Cl])([CH]2C(CC3(CCC)CCC3)=Cc3c(-c4cc(C)cc(C)c4)cccc32)[SiH](C)C)CCC1. The van der Waals surface area contributed by atoms with Gasteiger partial charge in [-0.05, 0) is 0 Å². The Morgan fingerprint density at radius 3 is 1.27 bits per heavy atom. The minimum absolute atomic E-state index is 0.120. The standard InChI is InChI=1S/2C25H29.C2H7Si.2ClH.Zr/c2*1-4-9-25(10-6-11-25)17-20-15-21-7-5-8-23(24(21)16-20)22-13-18(2)12-19(3)14-22;1-3-2;;;/h2*5,7-8,12-16H,4,6,9-11,17H2,1-3H3;3H,1-2H3;2*1H;/q;;;;;+2/p-2. The maximum absolute atomic E-state index is 9.17. The summed E-state index contributed by atoms with van der Waals surface area (Å²) in [5.41, 5.74) is 20.2. The van der Waals surface area contributed by atoms with Gasteiger partial charge in [0.25, 0.3) is 0 Å². The Bertz CT molecular complexity index is 2040. The van der Waals surface area contributed by atoms with E-state index >= 15 is 0 Å². The molecule has 0 radical (unpaired) electrons. The van der Waals surface area contributed by atoms with Crippen LogP contribution < -0.4 is 0 Å². The Labute approximate surface area is 348 Å². The van der Waals surface area contributed by atoms with Crippen molar-refractivity contribution in [3.05, 3.63) is 128 Å². The fourth-order valence-electron chi connectivity index (χ4n) is 12.4. The van der Waals surface area contributed by atoms with Crippen molar-refractivity contribution in [1.82, 2.24) is 0 Å². The van der Waals surface area contributed by atoms with E-state index in [4.69, 9.17) is 0 Å². The molecule has 0 N–H and O–H groups in total. The second-order valence-electron chi connectivity index (χ2n) is 19.6. The first-order chi connectivity index (χ1) is 26.7. The summed E-state index contributed by atoms with van der Waals surface area (Å²) in [4.78, 5) is 0. The van der Waals surface area contributed by atoms with E-state index in [9.17, 15) is 17.0 Å². The first-order valence-corrected chi connectivity index (χ1v) is 38.4. The van der Waals surface area contributed by atoms with E-state index in [1.165, 1.54) is 131 Å². The van der Waals surface area contributed by atoms with E-state index < -0.39 is 21.5 Å². The van der Waals surface area contributed by atoms with Gasteiger partial charge in [0.1, 0.15) is 0 Å². The van der Waals surface area contributed by atoms with Crippen molar-refractivity contribution in [2.24, 2.45) is 10.8 Å². The van der Waals surface area contributed by atoms with E-state index in [0.717, 1.165) is 12.8 Å². The third-order valence-electron chi connectivity index (χ3n) is 15.1. The van der Waals surface area contributed by atoms with Gasteiger partial charge >= 0.3 is 351 Å². The second-order valence-corrected chi connectivity index (χ2v) is 62.1. The van der Waals surface area contributed by atoms with E-state index in [2.05, 4.69) is 140 Å². The molecule has 0 spiro atoms. The average molecular weight is 880 g/mol. The van der Waals surface area contributed by atoms with E-state index in [-0.39, 0.29) is 7.25 Å². The summed E-state index contributed by atoms with van der Waals surface area (Å²) in [5, 5.41) is 0. The summed E-state index contributed by atoms with van der Waals surface area (Å²) in [6.45, 7) is 18.8. The van der Waals surface area contributed by atoms with Crippen LogP contribution in [0.3, 0.4) is 0 Å². The third kappa shape index (κ3) is 6.91. The molecule has 0 amide bonds. The predicted octanol–water partition coefficient (Wildman–Crippen LogP) is 16.5. The second kappa shape index (κ2) is 15.3. The predicted molar refractivity (Wildman–Crippen MR) is 246 cm³/mol. The molecule has 2 fully saturated rings. The molecule has 0 aromatic heterocycles. The molecule has 0 heterocycles. The molecule has 2 saturated carbocycles. The summed E-state index contributed by atoms with van der Waals surface area (Å²) in [6.07, 6.45) is 20.6. The van der Waals surface area contributed by atoms with Crippen LogP contribution in [0.15, 0.2) is 83.9 Å². The van der Waals surface area contributed by atoms with Crippen molar-refractivity contribution in [3.8, 4) is 22.3 Å². The molecule has 0 bridgehead atoms. The van der Waals surface area contributed by atoms with Crippen molar-refractivity contribution in [2.45, 2.75) is 139 Å². The van der Waals surface area contributed by atoms with Crippen LogP contribution in [0.4, 0.5) is 0 Å². The molecule has 4 aliphatic carbocycles. The van der Waals surface area contributed by atoms with Crippen molar-refractivity contribution >= 4 is 35.1 Å². The van der Waals surface area contributed by atoms with E-state index in [0.29, 0.717) is 10.8 Å². The molecule has 4 aromatic carbocycles. The summed E-state index contributed by atoms with van der Waals surface area (Å²) in [6, 6.07) is 28.4. The van der Waals surface area contributed by atoms with E-state index in [1.807, 2.05) is 0 Å². The van der Waals surface area contributed by atoms with Crippen molar-refractivity contribution < 1.29 is 15.6 Å². The summed E-state index contributed by atoms with van der Waals surface area (Å²) < 4.78 is 0.240. The summed E-state index contributed by atoms with van der Waals surface area (Å²) in [7, 11) is 18.3. The Balaban J connectivity index is 1.37. The van der Waals surface area contributed by atoms with Crippen molar-refractivity contribution in [1.29, 1.82) is 0 Å². The number of hydrogen-bond donors (Lipinski definition) is 0. The van der Waals surface area contributed by atoms with Gasteiger partial charge in [0, 0.05) is 0 Å². The molecule has 0 aliphatic heterocycles. The van der Waals surface area contributed by atoms with Gasteiger partial charge in [-0.15, -0.1) is 0 Å².